The normalized spacial score (nSPS) is 25.8. The Bertz CT molecular complexity index is 159. The van der Waals surface area contributed by atoms with Gasteiger partial charge in [0, 0.05) is 11.1 Å². The van der Waals surface area contributed by atoms with Crippen LogP contribution >= 0.6 is 0 Å². The van der Waals surface area contributed by atoms with Gasteiger partial charge in [0.1, 0.15) is 0 Å². The molecule has 0 bridgehead atoms. The second-order valence-electron chi connectivity index (χ2n) is 4.34. The van der Waals surface area contributed by atoms with Gasteiger partial charge in [-0.15, -0.1) is 0 Å². The summed E-state index contributed by atoms with van der Waals surface area (Å²) in [6, 6.07) is 0. The average Bonchev–Trinajstić information content (AvgIpc) is 1.56. The summed E-state index contributed by atoms with van der Waals surface area (Å²) in [7, 11) is 0. The molecule has 0 aromatic rings. The molecule has 1 aliphatic rings. The predicted octanol–water partition coefficient (Wildman–Crippen LogP) is 1.27. The molecule has 0 atom stereocenters. The first-order valence-electron chi connectivity index (χ1n) is 3.88. The largest absolute Gasteiger partial charge is 0.412 e. The van der Waals surface area contributed by atoms with Crippen molar-refractivity contribution in [3.05, 3.63) is 12.2 Å². The molecule has 0 aromatic heterocycles. The molecule has 0 aromatic carbocycles. The van der Waals surface area contributed by atoms with Crippen molar-refractivity contribution in [3.63, 3.8) is 0 Å². The summed E-state index contributed by atoms with van der Waals surface area (Å²) >= 11 is 0. The molecule has 0 saturated carbocycles. The van der Waals surface area contributed by atoms with E-state index in [4.69, 9.17) is 0 Å². The summed E-state index contributed by atoms with van der Waals surface area (Å²) in [6.07, 6.45) is 5.63. The number of rotatable bonds is 0. The first kappa shape index (κ1) is 10.7. The lowest BCUT2D eigenvalue weighted by atomic mass is 9.89. The fourth-order valence-corrected chi connectivity index (χ4v) is 1.61. The lowest BCUT2D eigenvalue weighted by Crippen LogP contribution is -2.52. The molecule has 1 rings (SSSR count). The van der Waals surface area contributed by atoms with E-state index in [0.717, 1.165) is 6.42 Å². The highest BCUT2D eigenvalue weighted by Crippen LogP contribution is 2.21. The monoisotopic (exact) mass is 157 g/mol. The first-order chi connectivity index (χ1) is 4.41. The van der Waals surface area contributed by atoms with Gasteiger partial charge in [0.25, 0.3) is 0 Å². The maximum absolute atomic E-state index is 3.55. The maximum Gasteiger partial charge on any atom is 0.0311 e. The minimum Gasteiger partial charge on any atom is -0.412 e. The quantitative estimate of drug-likeness (QED) is 0.529. The number of nitrogens with one attached hydrogen (secondary N) is 1. The summed E-state index contributed by atoms with van der Waals surface area (Å²) in [6.45, 7) is 8.87. The first-order valence-corrected chi connectivity index (χ1v) is 3.88. The molecule has 2 nitrogen and oxygen atoms in total. The van der Waals surface area contributed by atoms with Crippen LogP contribution in [0.2, 0.25) is 0 Å². The molecule has 0 radical (unpaired) electrons. The molecule has 0 fully saturated rings. The van der Waals surface area contributed by atoms with E-state index in [1.807, 2.05) is 0 Å². The van der Waals surface area contributed by atoms with Crippen LogP contribution in [0.25, 0.3) is 0 Å². The van der Waals surface area contributed by atoms with Gasteiger partial charge in [-0.2, -0.15) is 0 Å². The Balaban J connectivity index is 0.000001000. The molecule has 0 amide bonds. The zero-order chi connectivity index (χ0) is 7.83. The second-order valence-corrected chi connectivity index (χ2v) is 4.34. The van der Waals surface area contributed by atoms with Gasteiger partial charge in [0.15, 0.2) is 0 Å². The number of hydrogen-bond donors (Lipinski definition) is 1. The van der Waals surface area contributed by atoms with E-state index < -0.39 is 0 Å². The van der Waals surface area contributed by atoms with E-state index in [2.05, 4.69) is 45.2 Å². The Morgan fingerprint density at radius 3 is 2.00 bits per heavy atom. The molecular weight excluding hydrogens is 138 g/mol. The Morgan fingerprint density at radius 2 is 1.73 bits per heavy atom. The van der Waals surface area contributed by atoms with Gasteiger partial charge >= 0.3 is 0 Å². The maximum atomic E-state index is 3.55. The SMILES string of the molecule is CC1(C)C=CCC(C)(C)N1.O. The molecule has 66 valence electrons. The van der Waals surface area contributed by atoms with Crippen LogP contribution < -0.4 is 5.32 Å². The summed E-state index contributed by atoms with van der Waals surface area (Å²) in [5.74, 6) is 0. The van der Waals surface area contributed by atoms with Crippen molar-refractivity contribution in [3.8, 4) is 0 Å². The van der Waals surface area contributed by atoms with Crippen LogP contribution in [0.4, 0.5) is 0 Å². The Morgan fingerprint density at radius 1 is 1.18 bits per heavy atom. The molecular formula is C9H19NO. The third-order valence-corrected chi connectivity index (χ3v) is 1.82. The molecule has 3 N–H and O–H groups in total. The van der Waals surface area contributed by atoms with E-state index in [0.29, 0.717) is 0 Å². The topological polar surface area (TPSA) is 43.5 Å². The third-order valence-electron chi connectivity index (χ3n) is 1.82. The van der Waals surface area contributed by atoms with Crippen molar-refractivity contribution in [1.29, 1.82) is 0 Å². The van der Waals surface area contributed by atoms with Crippen LogP contribution in [-0.4, -0.2) is 16.6 Å². The van der Waals surface area contributed by atoms with Crippen molar-refractivity contribution in [1.82, 2.24) is 5.32 Å². The van der Waals surface area contributed by atoms with Crippen LogP contribution in [0.3, 0.4) is 0 Å². The van der Waals surface area contributed by atoms with E-state index in [1.54, 1.807) is 0 Å². The van der Waals surface area contributed by atoms with Crippen LogP contribution in [0.15, 0.2) is 12.2 Å². The van der Waals surface area contributed by atoms with Crippen molar-refractivity contribution >= 4 is 0 Å². The van der Waals surface area contributed by atoms with Gasteiger partial charge in [-0.25, -0.2) is 0 Å². The standard InChI is InChI=1S/C9H17N.H2O/c1-8(2)6-5-7-9(3,4)10-8;/h5-6,10H,7H2,1-4H3;1H2. The van der Waals surface area contributed by atoms with Crippen LogP contribution in [0.1, 0.15) is 34.1 Å². The average molecular weight is 157 g/mol. The molecule has 1 heterocycles. The van der Waals surface area contributed by atoms with Crippen molar-refractivity contribution in [2.24, 2.45) is 0 Å². The van der Waals surface area contributed by atoms with Gasteiger partial charge in [0.2, 0.25) is 0 Å². The third kappa shape index (κ3) is 3.04. The van der Waals surface area contributed by atoms with Crippen LogP contribution in [-0.2, 0) is 0 Å². The van der Waals surface area contributed by atoms with Crippen molar-refractivity contribution in [2.45, 2.75) is 45.2 Å². The Hall–Kier alpha value is -0.340. The van der Waals surface area contributed by atoms with Crippen LogP contribution in [0.5, 0.6) is 0 Å². The highest BCUT2D eigenvalue weighted by atomic mass is 16.0. The predicted molar refractivity (Wildman–Crippen MR) is 48.7 cm³/mol. The summed E-state index contributed by atoms with van der Waals surface area (Å²) < 4.78 is 0. The van der Waals surface area contributed by atoms with E-state index in [1.165, 1.54) is 0 Å². The lowest BCUT2D eigenvalue weighted by Gasteiger charge is -2.38. The molecule has 0 spiro atoms. The van der Waals surface area contributed by atoms with Crippen LogP contribution in [0, 0.1) is 0 Å². The Labute approximate surface area is 69.0 Å². The van der Waals surface area contributed by atoms with Gasteiger partial charge in [-0.05, 0) is 34.1 Å². The smallest absolute Gasteiger partial charge is 0.0311 e. The van der Waals surface area contributed by atoms with Gasteiger partial charge in [0.05, 0.1) is 0 Å². The summed E-state index contributed by atoms with van der Waals surface area (Å²) in [5, 5.41) is 3.55. The van der Waals surface area contributed by atoms with Crippen molar-refractivity contribution in [2.75, 3.05) is 0 Å². The second kappa shape index (κ2) is 2.95. The van der Waals surface area contributed by atoms with E-state index >= 15 is 0 Å². The molecule has 11 heavy (non-hydrogen) atoms. The van der Waals surface area contributed by atoms with Gasteiger partial charge in [-0.3, -0.25) is 0 Å². The molecule has 0 unspecified atom stereocenters. The Kier molecular flexibility index (Phi) is 2.86. The lowest BCUT2D eigenvalue weighted by molar-refractivity contribution is 0.291. The van der Waals surface area contributed by atoms with Gasteiger partial charge < -0.3 is 10.8 Å². The highest BCUT2D eigenvalue weighted by Gasteiger charge is 2.27. The molecule has 2 heteroatoms. The molecule has 0 aliphatic carbocycles. The summed E-state index contributed by atoms with van der Waals surface area (Å²) in [4.78, 5) is 0. The molecule has 0 saturated heterocycles. The minimum absolute atomic E-state index is 0. The van der Waals surface area contributed by atoms with E-state index in [-0.39, 0.29) is 16.6 Å². The fourth-order valence-electron chi connectivity index (χ4n) is 1.61. The molecule has 1 aliphatic heterocycles. The zero-order valence-electron chi connectivity index (χ0n) is 7.86. The van der Waals surface area contributed by atoms with E-state index in [9.17, 15) is 0 Å². The van der Waals surface area contributed by atoms with Crippen molar-refractivity contribution < 1.29 is 5.48 Å². The fraction of sp³-hybridized carbons (Fsp3) is 0.778. The highest BCUT2D eigenvalue weighted by molar-refractivity contribution is 5.11. The number of hydrogen-bond acceptors (Lipinski definition) is 1. The zero-order valence-corrected chi connectivity index (χ0v) is 7.86. The minimum atomic E-state index is 0. The van der Waals surface area contributed by atoms with Gasteiger partial charge in [-0.1, -0.05) is 12.2 Å². The summed E-state index contributed by atoms with van der Waals surface area (Å²) in [5.41, 5.74) is 0.458.